The quantitative estimate of drug-likeness (QED) is 0.724. The Labute approximate surface area is 160 Å². The molecule has 0 spiro atoms. The maximum absolute atomic E-state index is 13.9. The highest BCUT2D eigenvalue weighted by atomic mass is 32.2. The minimum Gasteiger partial charge on any atom is -0.497 e. The van der Waals surface area contributed by atoms with Crippen LogP contribution in [0.4, 0.5) is 4.79 Å². The van der Waals surface area contributed by atoms with Crippen molar-refractivity contribution in [3.8, 4) is 5.75 Å². The Morgan fingerprint density at radius 3 is 2.33 bits per heavy atom. The smallest absolute Gasteiger partial charge is 0.443 e. The first-order valence-corrected chi connectivity index (χ1v) is 10.1. The van der Waals surface area contributed by atoms with Gasteiger partial charge in [0.1, 0.15) is 17.4 Å². The fourth-order valence-electron chi connectivity index (χ4n) is 2.78. The van der Waals surface area contributed by atoms with E-state index in [0.717, 1.165) is 0 Å². The molecule has 1 aromatic carbocycles. The number of hydrogen-bond acceptors (Lipinski definition) is 6. The third-order valence-corrected chi connectivity index (χ3v) is 6.31. The van der Waals surface area contributed by atoms with Crippen molar-refractivity contribution in [3.05, 3.63) is 24.3 Å². The van der Waals surface area contributed by atoms with Crippen molar-refractivity contribution >= 4 is 22.0 Å². The summed E-state index contributed by atoms with van der Waals surface area (Å²) in [7, 11) is -0.624. The molecule has 9 heteroatoms. The topological polar surface area (TPSA) is 94.5 Å². The number of hydrogen-bond donors (Lipinski definition) is 0. The highest BCUT2D eigenvalue weighted by Gasteiger charge is 2.40. The SMILES string of the molecule is COC(=O)[C@@H]1CCCN1[S@@](=O)(=NC(=O)OC(C)(C)C)c1ccc(OC)cc1. The molecule has 150 valence electrons. The van der Waals surface area contributed by atoms with Crippen LogP contribution >= 0.6 is 0 Å². The first-order chi connectivity index (χ1) is 12.6. The van der Waals surface area contributed by atoms with Gasteiger partial charge < -0.3 is 14.2 Å². The fourth-order valence-corrected chi connectivity index (χ4v) is 4.91. The van der Waals surface area contributed by atoms with E-state index in [2.05, 4.69) is 4.36 Å². The lowest BCUT2D eigenvalue weighted by molar-refractivity contribution is -0.144. The Balaban J connectivity index is 2.55. The lowest BCUT2D eigenvalue weighted by Gasteiger charge is -2.26. The van der Waals surface area contributed by atoms with E-state index in [1.54, 1.807) is 45.0 Å². The van der Waals surface area contributed by atoms with Gasteiger partial charge in [-0.3, -0.25) is 4.79 Å². The molecular weight excluding hydrogens is 372 g/mol. The van der Waals surface area contributed by atoms with Crippen LogP contribution in [0.25, 0.3) is 0 Å². The third-order valence-electron chi connectivity index (χ3n) is 3.95. The number of carbonyl (C=O) groups excluding carboxylic acids is 2. The second kappa shape index (κ2) is 8.26. The van der Waals surface area contributed by atoms with Crippen LogP contribution in [0.5, 0.6) is 5.75 Å². The van der Waals surface area contributed by atoms with Crippen LogP contribution in [-0.4, -0.2) is 53.0 Å². The standard InChI is InChI=1S/C18H26N2O6S/c1-18(2,3)26-17(22)19-27(23,14-10-8-13(24-4)9-11-14)20-12-6-7-15(20)16(21)25-5/h8-11,15H,6-7,12H2,1-5H3/t15-,27-/m0/s1. The Kier molecular flexibility index (Phi) is 6.48. The van der Waals surface area contributed by atoms with Gasteiger partial charge in [-0.2, -0.15) is 4.31 Å². The molecular formula is C18H26N2O6S. The van der Waals surface area contributed by atoms with E-state index < -0.39 is 33.6 Å². The zero-order valence-electron chi connectivity index (χ0n) is 16.3. The van der Waals surface area contributed by atoms with Crippen LogP contribution in [0.2, 0.25) is 0 Å². The fraction of sp³-hybridized carbons (Fsp3) is 0.556. The van der Waals surface area contributed by atoms with Gasteiger partial charge in [-0.05, 0) is 57.9 Å². The molecule has 0 N–H and O–H groups in total. The van der Waals surface area contributed by atoms with Crippen molar-refractivity contribution in [1.82, 2.24) is 4.31 Å². The Hall–Kier alpha value is -2.13. The molecule has 2 atom stereocenters. The van der Waals surface area contributed by atoms with Gasteiger partial charge in [-0.15, -0.1) is 4.36 Å². The van der Waals surface area contributed by atoms with E-state index >= 15 is 0 Å². The summed E-state index contributed by atoms with van der Waals surface area (Å²) >= 11 is 0. The van der Waals surface area contributed by atoms with Crippen LogP contribution in [0.3, 0.4) is 0 Å². The minimum atomic E-state index is -3.42. The zero-order valence-corrected chi connectivity index (χ0v) is 17.1. The molecule has 1 amide bonds. The summed E-state index contributed by atoms with van der Waals surface area (Å²) in [6.45, 7) is 5.44. The molecule has 1 heterocycles. The largest absolute Gasteiger partial charge is 0.497 e. The van der Waals surface area contributed by atoms with E-state index in [4.69, 9.17) is 14.2 Å². The molecule has 0 saturated carbocycles. The van der Waals surface area contributed by atoms with E-state index in [1.807, 2.05) is 0 Å². The molecule has 0 aromatic heterocycles. The van der Waals surface area contributed by atoms with Crippen molar-refractivity contribution in [3.63, 3.8) is 0 Å². The number of amides is 1. The Morgan fingerprint density at radius 2 is 1.81 bits per heavy atom. The lowest BCUT2D eigenvalue weighted by Crippen LogP contribution is -2.41. The molecule has 0 radical (unpaired) electrons. The normalized spacial score (nSPS) is 19.8. The third kappa shape index (κ3) is 4.98. The zero-order chi connectivity index (χ0) is 20.2. The highest BCUT2D eigenvalue weighted by molar-refractivity contribution is 7.91. The molecule has 0 bridgehead atoms. The number of esters is 1. The number of carbonyl (C=O) groups is 2. The molecule has 0 aliphatic carbocycles. The van der Waals surface area contributed by atoms with E-state index in [-0.39, 0.29) is 0 Å². The van der Waals surface area contributed by atoms with E-state index in [0.29, 0.717) is 30.0 Å². The minimum absolute atomic E-state index is 0.296. The Morgan fingerprint density at radius 1 is 1.19 bits per heavy atom. The number of methoxy groups -OCH3 is 2. The van der Waals surface area contributed by atoms with Crippen molar-refractivity contribution < 1.29 is 28.0 Å². The Bertz CT molecular complexity index is 806. The van der Waals surface area contributed by atoms with Gasteiger partial charge in [0, 0.05) is 6.54 Å². The summed E-state index contributed by atoms with van der Waals surface area (Å²) in [5.41, 5.74) is -0.784. The molecule has 1 aliphatic heterocycles. The summed E-state index contributed by atoms with van der Waals surface area (Å²) in [5, 5.41) is 0. The number of benzene rings is 1. The second-order valence-corrected chi connectivity index (χ2v) is 9.18. The van der Waals surface area contributed by atoms with Crippen molar-refractivity contribution in [2.24, 2.45) is 4.36 Å². The molecule has 1 fully saturated rings. The van der Waals surface area contributed by atoms with Crippen LogP contribution < -0.4 is 4.74 Å². The second-order valence-electron chi connectivity index (χ2n) is 7.07. The molecule has 27 heavy (non-hydrogen) atoms. The van der Waals surface area contributed by atoms with Gasteiger partial charge in [0.2, 0.25) is 0 Å². The summed E-state index contributed by atoms with van der Waals surface area (Å²) in [6.07, 6.45) is 0.166. The maximum Gasteiger partial charge on any atom is 0.443 e. The van der Waals surface area contributed by atoms with Gasteiger partial charge >= 0.3 is 12.1 Å². The van der Waals surface area contributed by atoms with Crippen LogP contribution in [0.1, 0.15) is 33.6 Å². The number of nitrogens with zero attached hydrogens (tertiary/aromatic N) is 2. The molecule has 1 saturated heterocycles. The molecule has 0 unspecified atom stereocenters. The highest BCUT2D eigenvalue weighted by Crippen LogP contribution is 2.30. The average Bonchev–Trinajstić information content (AvgIpc) is 3.09. The molecule has 1 aromatic rings. The first kappa shape index (κ1) is 21.2. The number of rotatable bonds is 4. The van der Waals surface area contributed by atoms with Gasteiger partial charge in [0.25, 0.3) is 0 Å². The van der Waals surface area contributed by atoms with Gasteiger partial charge in [0.15, 0.2) is 9.92 Å². The van der Waals surface area contributed by atoms with Gasteiger partial charge in [0.05, 0.1) is 19.1 Å². The molecule has 2 rings (SSSR count). The first-order valence-electron chi connectivity index (χ1n) is 8.59. The van der Waals surface area contributed by atoms with Crippen molar-refractivity contribution in [2.45, 2.75) is 50.2 Å². The predicted molar refractivity (Wildman–Crippen MR) is 99.8 cm³/mol. The van der Waals surface area contributed by atoms with Crippen molar-refractivity contribution in [2.75, 3.05) is 20.8 Å². The summed E-state index contributed by atoms with van der Waals surface area (Å²) < 4.78 is 34.5. The summed E-state index contributed by atoms with van der Waals surface area (Å²) in [5.74, 6) is 0.0665. The van der Waals surface area contributed by atoms with Gasteiger partial charge in [-0.25, -0.2) is 9.00 Å². The average molecular weight is 398 g/mol. The predicted octanol–water partition coefficient (Wildman–Crippen LogP) is 3.01. The molecule has 8 nitrogen and oxygen atoms in total. The molecule has 1 aliphatic rings. The van der Waals surface area contributed by atoms with E-state index in [1.165, 1.54) is 18.5 Å². The summed E-state index contributed by atoms with van der Waals surface area (Å²) in [6, 6.07) is 5.66. The lowest BCUT2D eigenvalue weighted by atomic mass is 10.2. The maximum atomic E-state index is 13.9. The van der Waals surface area contributed by atoms with Crippen LogP contribution in [0, 0.1) is 0 Å². The van der Waals surface area contributed by atoms with Gasteiger partial charge in [-0.1, -0.05) is 0 Å². The number of ether oxygens (including phenoxy) is 3. The monoisotopic (exact) mass is 398 g/mol. The van der Waals surface area contributed by atoms with Crippen molar-refractivity contribution in [1.29, 1.82) is 0 Å². The van der Waals surface area contributed by atoms with E-state index in [9.17, 15) is 13.8 Å². The van der Waals surface area contributed by atoms with Crippen LogP contribution in [0.15, 0.2) is 33.5 Å². The summed E-state index contributed by atoms with van der Waals surface area (Å²) in [4.78, 5) is 24.8. The van der Waals surface area contributed by atoms with Crippen LogP contribution in [-0.2, 0) is 24.2 Å².